The SMILES string of the molecule is Cc1ccc(C(CCN2CCC3(CC2)c2ccccc2CS3=O)CN(C)C(=O)C2=CCCC=C2)cc1C. The maximum absolute atomic E-state index is 13.2. The fraction of sp³-hybridized carbons (Fsp3) is 0.469. The number of carbonyl (C=O) groups excluding carboxylic acids is 1. The van der Waals surface area contributed by atoms with Gasteiger partial charge in [0.05, 0.1) is 4.75 Å². The maximum Gasteiger partial charge on any atom is 0.253 e. The lowest BCUT2D eigenvalue weighted by atomic mass is 9.86. The highest BCUT2D eigenvalue weighted by Gasteiger charge is 2.46. The number of aryl methyl sites for hydroxylation is 2. The second-order valence-corrected chi connectivity index (χ2v) is 12.9. The molecule has 1 fully saturated rings. The van der Waals surface area contributed by atoms with E-state index in [4.69, 9.17) is 0 Å². The Hall–Kier alpha value is -2.50. The van der Waals surface area contributed by atoms with Crippen LogP contribution in [0.15, 0.2) is 66.3 Å². The van der Waals surface area contributed by atoms with E-state index in [9.17, 15) is 9.00 Å². The molecule has 2 unspecified atom stereocenters. The third-order valence-corrected chi connectivity index (χ3v) is 10.8. The summed E-state index contributed by atoms with van der Waals surface area (Å²) >= 11 is 0. The molecule has 1 saturated heterocycles. The molecule has 0 aromatic heterocycles. The van der Waals surface area contributed by atoms with Gasteiger partial charge in [-0.25, -0.2) is 0 Å². The number of hydrogen-bond acceptors (Lipinski definition) is 3. The molecule has 0 saturated carbocycles. The Labute approximate surface area is 224 Å². The molecule has 0 bridgehead atoms. The molecule has 2 aromatic rings. The Morgan fingerprint density at radius 1 is 1.08 bits per heavy atom. The zero-order chi connectivity index (χ0) is 26.0. The number of fused-ring (bicyclic) bond motifs is 2. The molecule has 0 radical (unpaired) electrons. The summed E-state index contributed by atoms with van der Waals surface area (Å²) in [5.41, 5.74) is 7.34. The van der Waals surface area contributed by atoms with Crippen LogP contribution in [0, 0.1) is 13.8 Å². The average Bonchev–Trinajstić information content (AvgIpc) is 3.19. The van der Waals surface area contributed by atoms with E-state index in [1.165, 1.54) is 27.8 Å². The second kappa shape index (κ2) is 11.1. The van der Waals surface area contributed by atoms with Gasteiger partial charge in [-0.3, -0.25) is 9.00 Å². The van der Waals surface area contributed by atoms with Crippen molar-refractivity contribution in [3.63, 3.8) is 0 Å². The summed E-state index contributed by atoms with van der Waals surface area (Å²) in [6.07, 6.45) is 11.0. The predicted molar refractivity (Wildman–Crippen MR) is 153 cm³/mol. The van der Waals surface area contributed by atoms with E-state index in [0.717, 1.165) is 57.3 Å². The zero-order valence-corrected chi connectivity index (χ0v) is 23.4. The van der Waals surface area contributed by atoms with Crippen molar-refractivity contribution < 1.29 is 9.00 Å². The molecule has 5 heteroatoms. The van der Waals surface area contributed by atoms with Crippen LogP contribution in [0.2, 0.25) is 0 Å². The van der Waals surface area contributed by atoms with Crippen LogP contribution in [0.4, 0.5) is 0 Å². The van der Waals surface area contributed by atoms with Crippen molar-refractivity contribution >= 4 is 16.7 Å². The van der Waals surface area contributed by atoms with E-state index >= 15 is 0 Å². The van der Waals surface area contributed by atoms with Gasteiger partial charge in [0.15, 0.2) is 0 Å². The molecular weight excluding hydrogens is 476 g/mol. The van der Waals surface area contributed by atoms with Gasteiger partial charge in [-0.05, 0) is 93.4 Å². The van der Waals surface area contributed by atoms with E-state index in [1.54, 1.807) is 0 Å². The van der Waals surface area contributed by atoms with Crippen LogP contribution in [0.5, 0.6) is 0 Å². The Kier molecular flexibility index (Phi) is 7.83. The second-order valence-electron chi connectivity index (χ2n) is 11.1. The van der Waals surface area contributed by atoms with Gasteiger partial charge < -0.3 is 9.80 Å². The average molecular weight is 517 g/mol. The number of benzene rings is 2. The van der Waals surface area contributed by atoms with Gasteiger partial charge in [-0.2, -0.15) is 0 Å². The molecular formula is C32H40N2O2S. The first-order chi connectivity index (χ1) is 17.9. The lowest BCUT2D eigenvalue weighted by Crippen LogP contribution is -2.44. The summed E-state index contributed by atoms with van der Waals surface area (Å²) in [6, 6.07) is 15.3. The minimum atomic E-state index is -0.824. The third-order valence-electron chi connectivity index (χ3n) is 8.77. The van der Waals surface area contributed by atoms with E-state index in [1.807, 2.05) is 18.0 Å². The van der Waals surface area contributed by atoms with Crippen molar-refractivity contribution in [1.29, 1.82) is 0 Å². The first kappa shape index (κ1) is 26.1. The molecule has 3 aliphatic rings. The molecule has 5 rings (SSSR count). The molecule has 1 spiro atoms. The molecule has 0 N–H and O–H groups in total. The van der Waals surface area contributed by atoms with Crippen molar-refractivity contribution in [3.05, 3.63) is 94.1 Å². The zero-order valence-electron chi connectivity index (χ0n) is 22.5. The molecule has 2 atom stereocenters. The Morgan fingerprint density at radius 3 is 2.59 bits per heavy atom. The number of amides is 1. The van der Waals surface area contributed by atoms with Crippen molar-refractivity contribution in [2.45, 2.75) is 62.4 Å². The summed E-state index contributed by atoms with van der Waals surface area (Å²) in [6.45, 7) is 7.99. The lowest BCUT2D eigenvalue weighted by Gasteiger charge is -2.39. The van der Waals surface area contributed by atoms with E-state index in [2.05, 4.69) is 73.4 Å². The Balaban J connectivity index is 1.26. The molecule has 1 aliphatic carbocycles. The van der Waals surface area contributed by atoms with Crippen LogP contribution in [0.3, 0.4) is 0 Å². The number of likely N-dealkylation sites (tertiary alicyclic amines) is 1. The van der Waals surface area contributed by atoms with Crippen LogP contribution in [-0.2, 0) is 26.1 Å². The molecule has 1 amide bonds. The van der Waals surface area contributed by atoms with Crippen LogP contribution in [0.25, 0.3) is 0 Å². The number of allylic oxidation sites excluding steroid dienone is 2. The van der Waals surface area contributed by atoms with Crippen molar-refractivity contribution in [2.24, 2.45) is 0 Å². The van der Waals surface area contributed by atoms with Crippen LogP contribution in [-0.4, -0.2) is 53.1 Å². The highest BCUT2D eigenvalue weighted by atomic mass is 32.2. The molecule has 2 heterocycles. The van der Waals surface area contributed by atoms with Crippen LogP contribution >= 0.6 is 0 Å². The van der Waals surface area contributed by atoms with Crippen LogP contribution in [0.1, 0.15) is 65.8 Å². The summed E-state index contributed by atoms with van der Waals surface area (Å²) in [5.74, 6) is 1.10. The fourth-order valence-corrected chi connectivity index (χ4v) is 8.15. The normalized spacial score (nSPS) is 21.5. The van der Waals surface area contributed by atoms with Crippen molar-refractivity contribution in [1.82, 2.24) is 9.80 Å². The van der Waals surface area contributed by atoms with Gasteiger partial charge in [0.1, 0.15) is 0 Å². The lowest BCUT2D eigenvalue weighted by molar-refractivity contribution is -0.125. The summed E-state index contributed by atoms with van der Waals surface area (Å²) < 4.78 is 13.0. The highest BCUT2D eigenvalue weighted by Crippen LogP contribution is 2.46. The fourth-order valence-electron chi connectivity index (χ4n) is 6.25. The smallest absolute Gasteiger partial charge is 0.253 e. The highest BCUT2D eigenvalue weighted by molar-refractivity contribution is 7.85. The topological polar surface area (TPSA) is 40.6 Å². The third kappa shape index (κ3) is 5.39. The maximum atomic E-state index is 13.2. The molecule has 2 aliphatic heterocycles. The first-order valence-electron chi connectivity index (χ1n) is 13.8. The molecule has 4 nitrogen and oxygen atoms in total. The van der Waals surface area contributed by atoms with Crippen molar-refractivity contribution in [3.8, 4) is 0 Å². The minimum absolute atomic E-state index is 0.118. The van der Waals surface area contributed by atoms with Crippen LogP contribution < -0.4 is 0 Å². The van der Waals surface area contributed by atoms with E-state index in [-0.39, 0.29) is 16.6 Å². The van der Waals surface area contributed by atoms with Crippen molar-refractivity contribution in [2.75, 3.05) is 33.2 Å². The Bertz CT molecular complexity index is 1240. The molecule has 37 heavy (non-hydrogen) atoms. The number of likely N-dealkylation sites (N-methyl/N-ethyl adjacent to an activating group) is 1. The van der Waals surface area contributed by atoms with Gasteiger partial charge in [0.2, 0.25) is 0 Å². The predicted octanol–water partition coefficient (Wildman–Crippen LogP) is 5.77. The van der Waals surface area contributed by atoms with Gasteiger partial charge in [0, 0.05) is 41.6 Å². The molecule has 2 aromatic carbocycles. The van der Waals surface area contributed by atoms with Gasteiger partial charge in [-0.1, -0.05) is 60.7 Å². The minimum Gasteiger partial charge on any atom is -0.341 e. The Morgan fingerprint density at radius 2 is 1.86 bits per heavy atom. The van der Waals surface area contributed by atoms with Gasteiger partial charge >= 0.3 is 0 Å². The quantitative estimate of drug-likeness (QED) is 0.469. The largest absolute Gasteiger partial charge is 0.341 e. The number of hydrogen-bond donors (Lipinski definition) is 0. The standard InChI is InChI=1S/C32H40N2O2S/c1-24-13-14-27(21-25(24)2)28(22-33(3)31(35)26-9-5-4-6-10-26)15-18-34-19-16-32(17-20-34)30-12-8-7-11-29(30)23-37(32)36/h5,7-14,21,28H,4,6,15-20,22-23H2,1-3H3. The molecule has 196 valence electrons. The summed E-state index contributed by atoms with van der Waals surface area (Å²) in [4.78, 5) is 17.6. The number of piperidine rings is 1. The first-order valence-corrected chi connectivity index (χ1v) is 15.1. The monoisotopic (exact) mass is 516 g/mol. The number of rotatable bonds is 7. The number of nitrogens with zero attached hydrogens (tertiary/aromatic N) is 2. The van der Waals surface area contributed by atoms with E-state index in [0.29, 0.717) is 12.3 Å². The summed E-state index contributed by atoms with van der Waals surface area (Å²) in [5, 5.41) is 0. The van der Waals surface area contributed by atoms with Gasteiger partial charge in [-0.15, -0.1) is 0 Å². The van der Waals surface area contributed by atoms with Gasteiger partial charge in [0.25, 0.3) is 5.91 Å². The van der Waals surface area contributed by atoms with E-state index < -0.39 is 10.8 Å². The number of carbonyl (C=O) groups is 1. The summed E-state index contributed by atoms with van der Waals surface area (Å²) in [7, 11) is 1.12.